The first-order valence-corrected chi connectivity index (χ1v) is 9.55. The number of benzene rings is 1. The molecular formula is C21H17N5S. The van der Waals surface area contributed by atoms with E-state index in [2.05, 4.69) is 78.9 Å². The quantitative estimate of drug-likeness (QED) is 0.438. The molecule has 0 aliphatic carbocycles. The van der Waals surface area contributed by atoms with Crippen LogP contribution in [0.5, 0.6) is 0 Å². The number of pyridine rings is 1. The molecule has 0 saturated carbocycles. The van der Waals surface area contributed by atoms with Crippen LogP contribution in [-0.4, -0.2) is 19.6 Å². The minimum atomic E-state index is 1.02. The molecule has 0 bridgehead atoms. The Hall–Kier alpha value is -3.38. The molecule has 0 radical (unpaired) electrons. The lowest BCUT2D eigenvalue weighted by atomic mass is 10.1. The molecule has 132 valence electrons. The molecule has 0 aliphatic heterocycles. The van der Waals surface area contributed by atoms with Crippen LogP contribution < -0.4 is 5.32 Å². The molecule has 0 aliphatic rings. The highest BCUT2D eigenvalue weighted by atomic mass is 32.1. The number of aryl methyl sites for hydroxylation is 1. The molecular weight excluding hydrogens is 354 g/mol. The predicted octanol–water partition coefficient (Wildman–Crippen LogP) is 5.50. The lowest BCUT2D eigenvalue weighted by Gasteiger charge is -2.10. The molecule has 0 fully saturated rings. The molecule has 5 aromatic rings. The number of thiazole rings is 1. The SMILES string of the molecule is Cc1nc(-c2cccc(Nc3cccn4c(-c5cn[nH]c5)ccc34)c2)cs1. The molecule has 6 heteroatoms. The van der Waals surface area contributed by atoms with Crippen molar-refractivity contribution in [1.29, 1.82) is 0 Å². The van der Waals surface area contributed by atoms with E-state index < -0.39 is 0 Å². The van der Waals surface area contributed by atoms with Crippen LogP contribution in [0.4, 0.5) is 11.4 Å². The van der Waals surface area contributed by atoms with Gasteiger partial charge in [-0.15, -0.1) is 11.3 Å². The Morgan fingerprint density at radius 3 is 2.85 bits per heavy atom. The minimum absolute atomic E-state index is 1.02. The Bertz CT molecular complexity index is 1220. The first-order valence-electron chi connectivity index (χ1n) is 8.67. The van der Waals surface area contributed by atoms with Crippen molar-refractivity contribution in [2.45, 2.75) is 6.92 Å². The first kappa shape index (κ1) is 15.8. The fourth-order valence-electron chi connectivity index (χ4n) is 3.28. The summed E-state index contributed by atoms with van der Waals surface area (Å²) in [5.74, 6) is 0. The van der Waals surface area contributed by atoms with Gasteiger partial charge in [-0.3, -0.25) is 5.10 Å². The van der Waals surface area contributed by atoms with E-state index in [4.69, 9.17) is 0 Å². The number of rotatable bonds is 4. The van der Waals surface area contributed by atoms with Gasteiger partial charge in [-0.05, 0) is 43.3 Å². The van der Waals surface area contributed by atoms with Gasteiger partial charge in [0.25, 0.3) is 0 Å². The molecule has 0 unspecified atom stereocenters. The van der Waals surface area contributed by atoms with Gasteiger partial charge in [0.1, 0.15) is 0 Å². The average molecular weight is 371 g/mol. The van der Waals surface area contributed by atoms with Crippen LogP contribution in [0.25, 0.3) is 28.0 Å². The summed E-state index contributed by atoms with van der Waals surface area (Å²) in [5, 5.41) is 13.7. The van der Waals surface area contributed by atoms with Crippen LogP contribution in [0.15, 0.2) is 72.5 Å². The minimum Gasteiger partial charge on any atom is -0.354 e. The summed E-state index contributed by atoms with van der Waals surface area (Å²) < 4.78 is 2.17. The summed E-state index contributed by atoms with van der Waals surface area (Å²) in [4.78, 5) is 4.59. The Morgan fingerprint density at radius 2 is 2.04 bits per heavy atom. The van der Waals surface area contributed by atoms with Gasteiger partial charge < -0.3 is 9.72 Å². The number of anilines is 2. The molecule has 4 heterocycles. The van der Waals surface area contributed by atoms with E-state index in [1.165, 1.54) is 0 Å². The zero-order chi connectivity index (χ0) is 18.2. The zero-order valence-corrected chi connectivity index (χ0v) is 15.5. The van der Waals surface area contributed by atoms with Crippen molar-refractivity contribution in [2.24, 2.45) is 0 Å². The number of nitrogens with zero attached hydrogens (tertiary/aromatic N) is 3. The third-order valence-corrected chi connectivity index (χ3v) is 5.32. The molecule has 2 N–H and O–H groups in total. The topological polar surface area (TPSA) is 58.0 Å². The summed E-state index contributed by atoms with van der Waals surface area (Å²) in [6, 6.07) is 16.7. The van der Waals surface area contributed by atoms with Crippen molar-refractivity contribution >= 4 is 28.2 Å². The van der Waals surface area contributed by atoms with E-state index in [1.54, 1.807) is 11.3 Å². The summed E-state index contributed by atoms with van der Waals surface area (Å²) in [6.07, 6.45) is 5.81. The average Bonchev–Trinajstić information content (AvgIpc) is 3.42. The maximum atomic E-state index is 4.59. The lowest BCUT2D eigenvalue weighted by Crippen LogP contribution is -1.95. The van der Waals surface area contributed by atoms with E-state index in [1.807, 2.05) is 25.4 Å². The van der Waals surface area contributed by atoms with Gasteiger partial charge in [0, 0.05) is 34.6 Å². The smallest absolute Gasteiger partial charge is 0.0901 e. The fourth-order valence-corrected chi connectivity index (χ4v) is 3.90. The number of aromatic nitrogens is 4. The molecule has 0 saturated heterocycles. The molecule has 5 nitrogen and oxygen atoms in total. The molecule has 1 aromatic carbocycles. The summed E-state index contributed by atoms with van der Waals surface area (Å²) >= 11 is 1.67. The number of aromatic amines is 1. The molecule has 27 heavy (non-hydrogen) atoms. The van der Waals surface area contributed by atoms with Crippen LogP contribution in [0.1, 0.15) is 5.01 Å². The maximum absolute atomic E-state index is 4.59. The van der Waals surface area contributed by atoms with Crippen molar-refractivity contribution in [3.63, 3.8) is 0 Å². The number of hydrogen-bond acceptors (Lipinski definition) is 4. The molecule has 0 spiro atoms. The highest BCUT2D eigenvalue weighted by Crippen LogP contribution is 2.30. The normalized spacial score (nSPS) is 11.1. The lowest BCUT2D eigenvalue weighted by molar-refractivity contribution is 1.09. The van der Waals surface area contributed by atoms with Crippen LogP contribution in [0.3, 0.4) is 0 Å². The summed E-state index contributed by atoms with van der Waals surface area (Å²) in [5.41, 5.74) is 7.51. The summed E-state index contributed by atoms with van der Waals surface area (Å²) in [6.45, 7) is 2.03. The molecule has 5 rings (SSSR count). The van der Waals surface area contributed by atoms with E-state index in [0.29, 0.717) is 0 Å². The number of H-pyrrole nitrogens is 1. The van der Waals surface area contributed by atoms with Gasteiger partial charge in [0.2, 0.25) is 0 Å². The maximum Gasteiger partial charge on any atom is 0.0901 e. The first-order chi connectivity index (χ1) is 13.3. The van der Waals surface area contributed by atoms with E-state index in [0.717, 1.165) is 44.4 Å². The van der Waals surface area contributed by atoms with Crippen molar-refractivity contribution < 1.29 is 0 Å². The largest absolute Gasteiger partial charge is 0.354 e. The zero-order valence-electron chi connectivity index (χ0n) is 14.7. The van der Waals surface area contributed by atoms with Gasteiger partial charge >= 0.3 is 0 Å². The van der Waals surface area contributed by atoms with Crippen LogP contribution in [0, 0.1) is 6.92 Å². The van der Waals surface area contributed by atoms with Crippen LogP contribution in [0.2, 0.25) is 0 Å². The Labute approximate surface area is 160 Å². The standard InChI is InChI=1S/C21H17N5S/c1-14-24-19(13-27-14)15-4-2-5-17(10-15)25-18-6-3-9-26-20(7-8-21(18)26)16-11-22-23-12-16/h2-13,25H,1H3,(H,22,23). The number of hydrogen-bond donors (Lipinski definition) is 2. The van der Waals surface area contributed by atoms with Crippen molar-refractivity contribution in [3.05, 3.63) is 77.5 Å². The second-order valence-electron chi connectivity index (χ2n) is 6.34. The van der Waals surface area contributed by atoms with Gasteiger partial charge in [-0.25, -0.2) is 4.98 Å². The van der Waals surface area contributed by atoms with Crippen LogP contribution in [-0.2, 0) is 0 Å². The van der Waals surface area contributed by atoms with Gasteiger partial charge in [0.15, 0.2) is 0 Å². The number of fused-ring (bicyclic) bond motifs is 1. The van der Waals surface area contributed by atoms with Crippen molar-refractivity contribution in [3.8, 4) is 22.5 Å². The number of nitrogens with one attached hydrogen (secondary N) is 2. The molecule has 4 aromatic heterocycles. The molecule has 0 amide bonds. The third-order valence-electron chi connectivity index (χ3n) is 4.54. The Balaban J connectivity index is 1.52. The van der Waals surface area contributed by atoms with Crippen LogP contribution >= 0.6 is 11.3 Å². The van der Waals surface area contributed by atoms with E-state index in [9.17, 15) is 0 Å². The highest BCUT2D eigenvalue weighted by Gasteiger charge is 2.09. The second-order valence-corrected chi connectivity index (χ2v) is 7.40. The van der Waals surface area contributed by atoms with E-state index in [-0.39, 0.29) is 0 Å². The van der Waals surface area contributed by atoms with E-state index >= 15 is 0 Å². The third kappa shape index (κ3) is 2.90. The van der Waals surface area contributed by atoms with Gasteiger partial charge in [0.05, 0.1) is 33.8 Å². The van der Waals surface area contributed by atoms with Crippen molar-refractivity contribution in [1.82, 2.24) is 19.6 Å². The Kier molecular flexibility index (Phi) is 3.76. The highest BCUT2D eigenvalue weighted by molar-refractivity contribution is 7.09. The van der Waals surface area contributed by atoms with Gasteiger partial charge in [-0.1, -0.05) is 12.1 Å². The summed E-state index contributed by atoms with van der Waals surface area (Å²) in [7, 11) is 0. The second kappa shape index (κ2) is 6.41. The predicted molar refractivity (Wildman–Crippen MR) is 111 cm³/mol. The molecule has 0 atom stereocenters. The van der Waals surface area contributed by atoms with Gasteiger partial charge in [-0.2, -0.15) is 5.10 Å². The monoisotopic (exact) mass is 371 g/mol. The Morgan fingerprint density at radius 1 is 1.07 bits per heavy atom. The fraction of sp³-hybridized carbons (Fsp3) is 0.0476. The van der Waals surface area contributed by atoms with Crippen molar-refractivity contribution in [2.75, 3.05) is 5.32 Å².